The molecule has 0 spiro atoms. The lowest BCUT2D eigenvalue weighted by atomic mass is 10.3. The van der Waals surface area contributed by atoms with Gasteiger partial charge in [0.2, 0.25) is 10.0 Å². The second kappa shape index (κ2) is 6.29. The minimum absolute atomic E-state index is 0.627. The molecule has 6 nitrogen and oxygen atoms in total. The summed E-state index contributed by atoms with van der Waals surface area (Å²) in [4.78, 5) is 4.75. The topological polar surface area (TPSA) is 53.1 Å². The summed E-state index contributed by atoms with van der Waals surface area (Å²) >= 11 is 0. The molecule has 0 N–H and O–H groups in total. The maximum atomic E-state index is 11.4. The summed E-state index contributed by atoms with van der Waals surface area (Å²) in [6, 6.07) is 0. The number of rotatable bonds is 4. The van der Waals surface area contributed by atoms with Crippen LogP contribution in [-0.4, -0.2) is 94.4 Å². The van der Waals surface area contributed by atoms with E-state index in [1.165, 1.54) is 6.26 Å². The fraction of sp³-hybridized carbons (Fsp3) is 1.00. The third-order valence-corrected chi connectivity index (χ3v) is 4.94. The van der Waals surface area contributed by atoms with Gasteiger partial charge in [-0.2, -0.15) is 4.31 Å². The molecule has 0 radical (unpaired) electrons. The zero-order chi connectivity index (χ0) is 13.0. The molecule has 0 amide bonds. The maximum absolute atomic E-state index is 11.4. The molecule has 2 aliphatic heterocycles. The highest BCUT2D eigenvalue weighted by molar-refractivity contribution is 7.88. The van der Waals surface area contributed by atoms with Crippen LogP contribution in [0.15, 0.2) is 0 Å². The number of hydrogen-bond donors (Lipinski definition) is 0. The summed E-state index contributed by atoms with van der Waals surface area (Å²) in [7, 11) is -3.01. The Bertz CT molecular complexity index is 347. The van der Waals surface area contributed by atoms with Gasteiger partial charge in [0.05, 0.1) is 19.5 Å². The Morgan fingerprint density at radius 1 is 0.889 bits per heavy atom. The van der Waals surface area contributed by atoms with E-state index < -0.39 is 10.0 Å². The largest absolute Gasteiger partial charge is 0.379 e. The van der Waals surface area contributed by atoms with Gasteiger partial charge in [0.15, 0.2) is 0 Å². The molecule has 0 aromatic heterocycles. The van der Waals surface area contributed by atoms with Crippen molar-refractivity contribution >= 4 is 10.0 Å². The minimum atomic E-state index is -3.01. The van der Waals surface area contributed by atoms with E-state index in [2.05, 4.69) is 9.80 Å². The summed E-state index contributed by atoms with van der Waals surface area (Å²) in [6.07, 6.45) is 1.29. The molecule has 0 aromatic rings. The van der Waals surface area contributed by atoms with Crippen molar-refractivity contribution in [2.24, 2.45) is 0 Å². The van der Waals surface area contributed by atoms with E-state index in [0.29, 0.717) is 13.1 Å². The smallest absolute Gasteiger partial charge is 0.211 e. The van der Waals surface area contributed by atoms with E-state index in [1.807, 2.05) is 0 Å². The normalized spacial score (nSPS) is 25.4. The molecule has 7 heteroatoms. The average molecular weight is 277 g/mol. The van der Waals surface area contributed by atoms with Crippen LogP contribution in [0.3, 0.4) is 0 Å². The first kappa shape index (κ1) is 14.2. The number of morpholine rings is 1. The summed E-state index contributed by atoms with van der Waals surface area (Å²) in [6.45, 7) is 8.73. The number of ether oxygens (including phenoxy) is 1. The molecule has 2 heterocycles. The summed E-state index contributed by atoms with van der Waals surface area (Å²) < 4.78 is 29.6. The van der Waals surface area contributed by atoms with E-state index in [-0.39, 0.29) is 0 Å². The highest BCUT2D eigenvalue weighted by Gasteiger charge is 2.23. The predicted molar refractivity (Wildman–Crippen MR) is 70.1 cm³/mol. The molecule has 2 saturated heterocycles. The second-order valence-electron chi connectivity index (χ2n) is 4.96. The number of nitrogens with zero attached hydrogens (tertiary/aromatic N) is 3. The zero-order valence-electron chi connectivity index (χ0n) is 11.0. The molecule has 2 aliphatic rings. The molecular formula is C11H23N3O3S. The standard InChI is InChI=1S/C11H23N3O3S/c1-18(15,16)14-6-4-12(5-7-14)2-3-13-8-10-17-11-9-13/h2-11H2,1H3. The molecule has 2 fully saturated rings. The Balaban J connectivity index is 1.67. The van der Waals surface area contributed by atoms with Gasteiger partial charge in [-0.05, 0) is 0 Å². The molecule has 0 unspecified atom stereocenters. The SMILES string of the molecule is CS(=O)(=O)N1CCN(CCN2CCOCC2)CC1. The lowest BCUT2D eigenvalue weighted by Gasteiger charge is -2.35. The lowest BCUT2D eigenvalue weighted by molar-refractivity contribution is 0.0317. The van der Waals surface area contributed by atoms with Gasteiger partial charge in [-0.15, -0.1) is 0 Å². The fourth-order valence-corrected chi connectivity index (χ4v) is 3.22. The van der Waals surface area contributed by atoms with Crippen LogP contribution in [0.1, 0.15) is 0 Å². The van der Waals surface area contributed by atoms with Gasteiger partial charge in [-0.3, -0.25) is 9.80 Å². The van der Waals surface area contributed by atoms with E-state index in [0.717, 1.165) is 52.5 Å². The Morgan fingerprint density at radius 2 is 1.39 bits per heavy atom. The summed E-state index contributed by atoms with van der Waals surface area (Å²) in [5.74, 6) is 0. The molecule has 106 valence electrons. The quantitative estimate of drug-likeness (QED) is 0.653. The maximum Gasteiger partial charge on any atom is 0.211 e. The monoisotopic (exact) mass is 277 g/mol. The average Bonchev–Trinajstić information content (AvgIpc) is 2.37. The van der Waals surface area contributed by atoms with Crippen molar-refractivity contribution in [1.82, 2.24) is 14.1 Å². The van der Waals surface area contributed by atoms with E-state index >= 15 is 0 Å². The third-order valence-electron chi connectivity index (χ3n) is 3.64. The van der Waals surface area contributed by atoms with Gasteiger partial charge < -0.3 is 4.74 Å². The molecule has 2 rings (SSSR count). The fourth-order valence-electron chi connectivity index (χ4n) is 2.39. The number of hydrogen-bond acceptors (Lipinski definition) is 5. The van der Waals surface area contributed by atoms with Crippen molar-refractivity contribution in [3.63, 3.8) is 0 Å². The molecule has 0 aliphatic carbocycles. The van der Waals surface area contributed by atoms with Crippen LogP contribution in [0.2, 0.25) is 0 Å². The molecule has 0 atom stereocenters. The molecule has 0 saturated carbocycles. The van der Waals surface area contributed by atoms with Crippen molar-refractivity contribution < 1.29 is 13.2 Å². The number of sulfonamides is 1. The lowest BCUT2D eigenvalue weighted by Crippen LogP contribution is -2.50. The minimum Gasteiger partial charge on any atom is -0.379 e. The van der Waals surface area contributed by atoms with E-state index in [1.54, 1.807) is 4.31 Å². The Labute approximate surface area is 110 Å². The first-order chi connectivity index (χ1) is 8.55. The van der Waals surface area contributed by atoms with Crippen LogP contribution >= 0.6 is 0 Å². The Morgan fingerprint density at radius 3 is 1.89 bits per heavy atom. The van der Waals surface area contributed by atoms with Crippen LogP contribution < -0.4 is 0 Å². The molecular weight excluding hydrogens is 254 g/mol. The van der Waals surface area contributed by atoms with Crippen molar-refractivity contribution in [2.75, 3.05) is 71.8 Å². The first-order valence-corrected chi connectivity index (χ1v) is 8.38. The highest BCUT2D eigenvalue weighted by Crippen LogP contribution is 2.06. The van der Waals surface area contributed by atoms with Crippen LogP contribution in [0.25, 0.3) is 0 Å². The first-order valence-electron chi connectivity index (χ1n) is 6.53. The van der Waals surface area contributed by atoms with Gasteiger partial charge in [-0.25, -0.2) is 8.42 Å². The van der Waals surface area contributed by atoms with Crippen molar-refractivity contribution in [3.8, 4) is 0 Å². The third kappa shape index (κ3) is 4.17. The molecule has 18 heavy (non-hydrogen) atoms. The Hall–Kier alpha value is -0.210. The van der Waals surface area contributed by atoms with E-state index in [9.17, 15) is 8.42 Å². The van der Waals surface area contributed by atoms with Gasteiger partial charge >= 0.3 is 0 Å². The predicted octanol–water partition coefficient (Wildman–Crippen LogP) is -1.10. The van der Waals surface area contributed by atoms with Crippen molar-refractivity contribution in [3.05, 3.63) is 0 Å². The van der Waals surface area contributed by atoms with Gasteiger partial charge in [-0.1, -0.05) is 0 Å². The van der Waals surface area contributed by atoms with Crippen LogP contribution in [0.4, 0.5) is 0 Å². The van der Waals surface area contributed by atoms with Crippen LogP contribution in [0, 0.1) is 0 Å². The number of piperazine rings is 1. The summed E-state index contributed by atoms with van der Waals surface area (Å²) in [5.41, 5.74) is 0. The van der Waals surface area contributed by atoms with Crippen molar-refractivity contribution in [2.45, 2.75) is 0 Å². The summed E-state index contributed by atoms with van der Waals surface area (Å²) in [5, 5.41) is 0. The molecule has 0 aromatic carbocycles. The van der Waals surface area contributed by atoms with Gasteiger partial charge in [0.1, 0.15) is 0 Å². The second-order valence-corrected chi connectivity index (χ2v) is 6.94. The van der Waals surface area contributed by atoms with Crippen molar-refractivity contribution in [1.29, 1.82) is 0 Å². The highest BCUT2D eigenvalue weighted by atomic mass is 32.2. The van der Waals surface area contributed by atoms with Crippen LogP contribution in [0.5, 0.6) is 0 Å². The Kier molecular flexibility index (Phi) is 4.97. The van der Waals surface area contributed by atoms with Crippen LogP contribution in [-0.2, 0) is 14.8 Å². The van der Waals surface area contributed by atoms with Gasteiger partial charge in [0, 0.05) is 52.4 Å². The zero-order valence-corrected chi connectivity index (χ0v) is 11.9. The molecule has 0 bridgehead atoms. The van der Waals surface area contributed by atoms with Gasteiger partial charge in [0.25, 0.3) is 0 Å². The van der Waals surface area contributed by atoms with E-state index in [4.69, 9.17) is 4.74 Å².